The Hall–Kier alpha value is -1.90. The smallest absolute Gasteiger partial charge is 0.350 e. The second-order valence-electron chi connectivity index (χ2n) is 5.96. The molecule has 1 aliphatic heterocycles. The van der Waals surface area contributed by atoms with Crippen molar-refractivity contribution < 1.29 is 9.53 Å². The first kappa shape index (κ1) is 19.4. The van der Waals surface area contributed by atoms with Gasteiger partial charge in [0.05, 0.1) is 6.10 Å². The summed E-state index contributed by atoms with van der Waals surface area (Å²) in [5.74, 6) is -0.0825. The summed E-state index contributed by atoms with van der Waals surface area (Å²) in [6, 6.07) is 5.31. The topological polar surface area (TPSA) is 94.9 Å². The van der Waals surface area contributed by atoms with E-state index in [1.54, 1.807) is 23.2 Å². The highest BCUT2D eigenvalue weighted by Crippen LogP contribution is 2.14. The molecule has 1 amide bonds. The van der Waals surface area contributed by atoms with Crippen molar-refractivity contribution in [3.05, 3.63) is 34.9 Å². The Labute approximate surface area is 152 Å². The van der Waals surface area contributed by atoms with Crippen molar-refractivity contribution in [1.29, 1.82) is 0 Å². The van der Waals surface area contributed by atoms with Gasteiger partial charge in [-0.05, 0) is 37.9 Å². The lowest BCUT2D eigenvalue weighted by Crippen LogP contribution is -2.43. The molecule has 8 nitrogen and oxygen atoms in total. The molecule has 9 heteroatoms. The van der Waals surface area contributed by atoms with E-state index in [2.05, 4.69) is 5.10 Å². The van der Waals surface area contributed by atoms with Crippen LogP contribution in [0.5, 0.6) is 0 Å². The van der Waals surface area contributed by atoms with Crippen LogP contribution < -0.4 is 11.4 Å². The molecule has 1 fully saturated rings. The van der Waals surface area contributed by atoms with E-state index in [0.29, 0.717) is 31.9 Å². The number of hydrogen-bond donors (Lipinski definition) is 1. The molecule has 0 radical (unpaired) electrons. The van der Waals surface area contributed by atoms with E-state index in [-0.39, 0.29) is 36.7 Å². The maximum atomic E-state index is 12.4. The zero-order valence-electron chi connectivity index (χ0n) is 14.0. The van der Waals surface area contributed by atoms with Gasteiger partial charge >= 0.3 is 5.69 Å². The van der Waals surface area contributed by atoms with Gasteiger partial charge in [-0.25, -0.2) is 9.48 Å². The van der Waals surface area contributed by atoms with E-state index in [9.17, 15) is 9.59 Å². The number of nitrogens with two attached hydrogens (primary N) is 1. The summed E-state index contributed by atoms with van der Waals surface area (Å²) < 4.78 is 8.40. The van der Waals surface area contributed by atoms with E-state index in [0.717, 1.165) is 19.3 Å². The predicted octanol–water partition coefficient (Wildman–Crippen LogP) is 0.274. The number of aromatic nitrogens is 3. The summed E-state index contributed by atoms with van der Waals surface area (Å²) in [5.41, 5.74) is 5.70. The quantitative estimate of drug-likeness (QED) is 0.738. The number of ether oxygens (including phenoxy) is 1. The third-order valence-corrected chi connectivity index (χ3v) is 4.27. The maximum Gasteiger partial charge on any atom is 0.350 e. The molecule has 0 aliphatic carbocycles. The zero-order chi connectivity index (χ0) is 16.9. The standard InChI is InChI=1S/C16H23N5O3.ClH/c17-7-3-11-24-13-5-9-19(10-6-13)15(22)12-21-16(23)20-8-2-1-4-14(20)18-21;/h1-2,4,8,13H,3,5-7,9-12,17H2;1H. The molecule has 0 atom stereocenters. The summed E-state index contributed by atoms with van der Waals surface area (Å²) >= 11 is 0. The zero-order valence-corrected chi connectivity index (χ0v) is 14.9. The Bertz CT molecular complexity index is 752. The Morgan fingerprint density at radius 2 is 2.08 bits per heavy atom. The van der Waals surface area contributed by atoms with Gasteiger partial charge in [0, 0.05) is 25.9 Å². The van der Waals surface area contributed by atoms with E-state index in [1.807, 2.05) is 6.07 Å². The molecule has 0 unspecified atom stereocenters. The number of halogens is 1. The largest absolute Gasteiger partial charge is 0.378 e. The Morgan fingerprint density at radius 1 is 1.32 bits per heavy atom. The lowest BCUT2D eigenvalue weighted by Gasteiger charge is -2.31. The van der Waals surface area contributed by atoms with E-state index >= 15 is 0 Å². The maximum absolute atomic E-state index is 12.4. The minimum atomic E-state index is -0.293. The number of carbonyl (C=O) groups excluding carboxylic acids is 1. The van der Waals surface area contributed by atoms with Crippen LogP contribution in [0.15, 0.2) is 29.2 Å². The second kappa shape index (κ2) is 8.98. The van der Waals surface area contributed by atoms with Gasteiger partial charge in [-0.2, -0.15) is 0 Å². The molecule has 1 saturated heterocycles. The molecular formula is C16H24ClN5O3. The van der Waals surface area contributed by atoms with Gasteiger partial charge in [0.15, 0.2) is 5.65 Å². The molecule has 138 valence electrons. The Kier molecular flexibility index (Phi) is 6.98. The third-order valence-electron chi connectivity index (χ3n) is 4.27. The molecule has 0 aromatic carbocycles. The predicted molar refractivity (Wildman–Crippen MR) is 95.9 cm³/mol. The third kappa shape index (κ3) is 4.59. The first-order chi connectivity index (χ1) is 11.7. The molecule has 2 aromatic rings. The number of piperidine rings is 1. The van der Waals surface area contributed by atoms with Crippen molar-refractivity contribution >= 4 is 24.0 Å². The number of rotatable bonds is 6. The second-order valence-corrected chi connectivity index (χ2v) is 5.96. The van der Waals surface area contributed by atoms with Gasteiger partial charge < -0.3 is 15.4 Å². The average Bonchev–Trinajstić information content (AvgIpc) is 2.92. The van der Waals surface area contributed by atoms with E-state index in [4.69, 9.17) is 10.5 Å². The molecule has 0 spiro atoms. The van der Waals surface area contributed by atoms with E-state index < -0.39 is 0 Å². The van der Waals surface area contributed by atoms with Gasteiger partial charge in [-0.15, -0.1) is 17.5 Å². The van der Waals surface area contributed by atoms with Crippen LogP contribution >= 0.6 is 12.4 Å². The van der Waals surface area contributed by atoms with Crippen LogP contribution in [0.1, 0.15) is 19.3 Å². The highest BCUT2D eigenvalue weighted by Gasteiger charge is 2.24. The summed E-state index contributed by atoms with van der Waals surface area (Å²) in [4.78, 5) is 26.4. The number of pyridine rings is 1. The highest BCUT2D eigenvalue weighted by molar-refractivity contribution is 5.85. The minimum Gasteiger partial charge on any atom is -0.378 e. The molecule has 3 heterocycles. The van der Waals surface area contributed by atoms with Crippen LogP contribution in [0.3, 0.4) is 0 Å². The van der Waals surface area contributed by atoms with Crippen LogP contribution in [0.25, 0.3) is 5.65 Å². The fourth-order valence-electron chi connectivity index (χ4n) is 2.90. The molecule has 2 aromatic heterocycles. The summed E-state index contributed by atoms with van der Waals surface area (Å²) in [7, 11) is 0. The van der Waals surface area contributed by atoms with Crippen molar-refractivity contribution in [1.82, 2.24) is 19.1 Å². The average molecular weight is 370 g/mol. The molecular weight excluding hydrogens is 346 g/mol. The highest BCUT2D eigenvalue weighted by atomic mass is 35.5. The van der Waals surface area contributed by atoms with Crippen LogP contribution in [-0.4, -0.2) is 57.3 Å². The lowest BCUT2D eigenvalue weighted by atomic mass is 10.1. The van der Waals surface area contributed by atoms with Gasteiger partial charge in [-0.1, -0.05) is 6.07 Å². The summed E-state index contributed by atoms with van der Waals surface area (Å²) in [5, 5.41) is 4.20. The van der Waals surface area contributed by atoms with Gasteiger partial charge in [0.2, 0.25) is 5.91 Å². The summed E-state index contributed by atoms with van der Waals surface area (Å²) in [6.07, 6.45) is 4.33. The monoisotopic (exact) mass is 369 g/mol. The van der Waals surface area contributed by atoms with Crippen LogP contribution in [0, 0.1) is 0 Å². The molecule has 2 N–H and O–H groups in total. The number of hydrogen-bond acceptors (Lipinski definition) is 5. The number of likely N-dealkylation sites (tertiary alicyclic amines) is 1. The SMILES string of the molecule is Cl.NCCCOC1CCN(C(=O)Cn2nc3ccccn3c2=O)CC1. The molecule has 0 saturated carbocycles. The number of nitrogens with zero attached hydrogens (tertiary/aromatic N) is 4. The van der Waals surface area contributed by atoms with Gasteiger partial charge in [-0.3, -0.25) is 9.20 Å². The lowest BCUT2D eigenvalue weighted by molar-refractivity contribution is -0.134. The molecule has 25 heavy (non-hydrogen) atoms. The normalized spacial score (nSPS) is 15.3. The van der Waals surface area contributed by atoms with Crippen molar-refractivity contribution in [3.63, 3.8) is 0 Å². The molecule has 1 aliphatic rings. The number of fused-ring (bicyclic) bond motifs is 1. The van der Waals surface area contributed by atoms with E-state index in [1.165, 1.54) is 9.08 Å². The Morgan fingerprint density at radius 3 is 2.76 bits per heavy atom. The fraction of sp³-hybridized carbons (Fsp3) is 0.562. The number of carbonyl (C=O) groups is 1. The van der Waals surface area contributed by atoms with Crippen molar-refractivity contribution in [3.8, 4) is 0 Å². The van der Waals surface area contributed by atoms with Gasteiger partial charge in [0.1, 0.15) is 6.54 Å². The van der Waals surface area contributed by atoms with Gasteiger partial charge in [0.25, 0.3) is 0 Å². The molecule has 3 rings (SSSR count). The molecule has 0 bridgehead atoms. The first-order valence-corrected chi connectivity index (χ1v) is 8.32. The van der Waals surface area contributed by atoms with Crippen LogP contribution in [0.2, 0.25) is 0 Å². The number of amides is 1. The van der Waals surface area contributed by atoms with Crippen molar-refractivity contribution in [2.24, 2.45) is 5.73 Å². The minimum absolute atomic E-state index is 0. The fourth-order valence-corrected chi connectivity index (χ4v) is 2.90. The first-order valence-electron chi connectivity index (χ1n) is 8.32. The van der Waals surface area contributed by atoms with Crippen LogP contribution in [-0.2, 0) is 16.1 Å². The van der Waals surface area contributed by atoms with Crippen molar-refractivity contribution in [2.45, 2.75) is 31.9 Å². The van der Waals surface area contributed by atoms with Crippen LogP contribution in [0.4, 0.5) is 0 Å². The Balaban J connectivity index is 0.00000225. The van der Waals surface area contributed by atoms with Crippen molar-refractivity contribution in [2.75, 3.05) is 26.2 Å². The summed E-state index contributed by atoms with van der Waals surface area (Å²) in [6.45, 7) is 2.57.